The summed E-state index contributed by atoms with van der Waals surface area (Å²) in [5.74, 6) is -0.177. The van der Waals surface area contributed by atoms with Crippen LogP contribution in [0.5, 0.6) is 5.75 Å². The summed E-state index contributed by atoms with van der Waals surface area (Å²) in [7, 11) is 1.58. The Morgan fingerprint density at radius 2 is 1.87 bits per heavy atom. The fourth-order valence-corrected chi connectivity index (χ4v) is 3.78. The summed E-state index contributed by atoms with van der Waals surface area (Å²) in [4.78, 5) is 42.0. The van der Waals surface area contributed by atoms with Crippen LogP contribution in [-0.2, 0) is 9.59 Å². The third-order valence-corrected chi connectivity index (χ3v) is 5.43. The van der Waals surface area contributed by atoms with Crippen LogP contribution < -0.4 is 20.3 Å². The van der Waals surface area contributed by atoms with Crippen molar-refractivity contribution < 1.29 is 19.1 Å². The number of nitrogens with zero attached hydrogens (tertiary/aromatic N) is 1. The molecule has 160 valence electrons. The minimum atomic E-state index is -0.418. The Morgan fingerprint density at radius 1 is 1.10 bits per heavy atom. The number of aromatic nitrogens is 1. The fraction of sp³-hybridized carbons (Fsp3) is 0.261. The number of carbonyl (C=O) groups excluding carboxylic acids is 3. The Labute approximate surface area is 179 Å². The van der Waals surface area contributed by atoms with Gasteiger partial charge >= 0.3 is 0 Å². The number of methoxy groups -OCH3 is 1. The lowest BCUT2D eigenvalue weighted by atomic mass is 10.1. The van der Waals surface area contributed by atoms with Crippen LogP contribution in [0.15, 0.2) is 54.7 Å². The van der Waals surface area contributed by atoms with E-state index >= 15 is 0 Å². The second kappa shape index (κ2) is 8.91. The SMILES string of the molecule is COc1ccc(N2CC(C(=O)NCCNC(=O)c3cccc4[nH]ccc34)CC2=O)cc1. The van der Waals surface area contributed by atoms with Crippen molar-refractivity contribution >= 4 is 34.3 Å². The molecule has 0 aliphatic carbocycles. The van der Waals surface area contributed by atoms with Crippen molar-refractivity contribution in [3.05, 3.63) is 60.3 Å². The summed E-state index contributed by atoms with van der Waals surface area (Å²) in [6.45, 7) is 0.925. The molecule has 0 bridgehead atoms. The summed E-state index contributed by atoms with van der Waals surface area (Å²) < 4.78 is 5.14. The van der Waals surface area contributed by atoms with E-state index in [1.54, 1.807) is 48.5 Å². The molecule has 1 aromatic heterocycles. The molecule has 1 atom stereocenters. The highest BCUT2D eigenvalue weighted by atomic mass is 16.5. The number of anilines is 1. The minimum absolute atomic E-state index is 0.0850. The molecule has 0 spiro atoms. The number of ether oxygens (including phenoxy) is 1. The zero-order chi connectivity index (χ0) is 21.8. The number of benzene rings is 2. The predicted octanol–water partition coefficient (Wildman–Crippen LogP) is 2.08. The van der Waals surface area contributed by atoms with Gasteiger partial charge in [0.2, 0.25) is 11.8 Å². The second-order valence-corrected chi connectivity index (χ2v) is 7.39. The van der Waals surface area contributed by atoms with Crippen molar-refractivity contribution in [2.24, 2.45) is 5.92 Å². The molecule has 3 amide bonds. The van der Waals surface area contributed by atoms with Gasteiger partial charge in [-0.25, -0.2) is 0 Å². The standard InChI is InChI=1S/C23H24N4O4/c1-31-17-7-5-16(6-8-17)27-14-15(13-21(27)28)22(29)25-11-12-26-23(30)19-3-2-4-20-18(19)9-10-24-20/h2-10,15,24H,11-14H2,1H3,(H,25,29)(H,26,30). The number of carbonyl (C=O) groups is 3. The van der Waals surface area contributed by atoms with Gasteiger partial charge in [-0.2, -0.15) is 0 Å². The van der Waals surface area contributed by atoms with Crippen molar-refractivity contribution in [2.45, 2.75) is 6.42 Å². The molecular weight excluding hydrogens is 396 g/mol. The molecule has 3 aromatic rings. The average Bonchev–Trinajstić information content (AvgIpc) is 3.43. The summed E-state index contributed by atoms with van der Waals surface area (Å²) >= 11 is 0. The van der Waals surface area contributed by atoms with Crippen LogP contribution in [0, 0.1) is 5.92 Å². The van der Waals surface area contributed by atoms with Gasteiger partial charge in [0.05, 0.1) is 13.0 Å². The molecule has 0 radical (unpaired) electrons. The van der Waals surface area contributed by atoms with Gasteiger partial charge in [0.15, 0.2) is 0 Å². The van der Waals surface area contributed by atoms with Crippen LogP contribution in [0.4, 0.5) is 5.69 Å². The predicted molar refractivity (Wildman–Crippen MR) is 117 cm³/mol. The number of hydrogen-bond acceptors (Lipinski definition) is 4. The molecule has 8 heteroatoms. The second-order valence-electron chi connectivity index (χ2n) is 7.39. The molecule has 3 N–H and O–H groups in total. The zero-order valence-corrected chi connectivity index (χ0v) is 17.2. The Balaban J connectivity index is 1.26. The van der Waals surface area contributed by atoms with Gasteiger partial charge in [0.25, 0.3) is 5.91 Å². The summed E-state index contributed by atoms with van der Waals surface area (Å²) in [6, 6.07) is 14.5. The Hall–Kier alpha value is -3.81. The van der Waals surface area contributed by atoms with Crippen molar-refractivity contribution in [3.8, 4) is 5.75 Å². The molecule has 1 saturated heterocycles. The number of fused-ring (bicyclic) bond motifs is 1. The first-order valence-electron chi connectivity index (χ1n) is 10.1. The molecule has 31 heavy (non-hydrogen) atoms. The molecule has 2 aromatic carbocycles. The van der Waals surface area contributed by atoms with E-state index in [1.807, 2.05) is 18.2 Å². The van der Waals surface area contributed by atoms with E-state index in [-0.39, 0.29) is 24.1 Å². The van der Waals surface area contributed by atoms with Crippen LogP contribution in [0.25, 0.3) is 10.9 Å². The first kappa shape index (κ1) is 20.5. The van der Waals surface area contributed by atoms with Crippen LogP contribution in [0.1, 0.15) is 16.8 Å². The van der Waals surface area contributed by atoms with Crippen LogP contribution in [0.2, 0.25) is 0 Å². The molecule has 0 saturated carbocycles. The zero-order valence-electron chi connectivity index (χ0n) is 17.2. The average molecular weight is 420 g/mol. The first-order valence-corrected chi connectivity index (χ1v) is 10.1. The van der Waals surface area contributed by atoms with Gasteiger partial charge in [-0.1, -0.05) is 6.07 Å². The Bertz CT molecular complexity index is 1110. The maximum Gasteiger partial charge on any atom is 0.252 e. The number of nitrogens with one attached hydrogen (secondary N) is 3. The third-order valence-electron chi connectivity index (χ3n) is 5.43. The van der Waals surface area contributed by atoms with E-state index in [2.05, 4.69) is 15.6 Å². The number of amides is 3. The lowest BCUT2D eigenvalue weighted by Crippen LogP contribution is -2.38. The number of hydrogen-bond donors (Lipinski definition) is 3. The van der Waals surface area contributed by atoms with Gasteiger partial charge in [-0.3, -0.25) is 14.4 Å². The van der Waals surface area contributed by atoms with E-state index < -0.39 is 5.92 Å². The van der Waals surface area contributed by atoms with E-state index in [1.165, 1.54) is 0 Å². The largest absolute Gasteiger partial charge is 0.497 e. The number of H-pyrrole nitrogens is 1. The van der Waals surface area contributed by atoms with Gasteiger partial charge in [0.1, 0.15) is 5.75 Å². The monoisotopic (exact) mass is 420 g/mol. The van der Waals surface area contributed by atoms with Crippen molar-refractivity contribution in [1.29, 1.82) is 0 Å². The summed E-state index contributed by atoms with van der Waals surface area (Å²) in [6.07, 6.45) is 1.96. The third kappa shape index (κ3) is 4.37. The molecule has 1 unspecified atom stereocenters. The molecule has 1 aliphatic rings. The van der Waals surface area contributed by atoms with Crippen molar-refractivity contribution in [1.82, 2.24) is 15.6 Å². The fourth-order valence-electron chi connectivity index (χ4n) is 3.78. The lowest BCUT2D eigenvalue weighted by molar-refractivity contribution is -0.126. The Kier molecular flexibility index (Phi) is 5.88. The highest BCUT2D eigenvalue weighted by Crippen LogP contribution is 2.26. The molecule has 8 nitrogen and oxygen atoms in total. The topological polar surface area (TPSA) is 104 Å². The van der Waals surface area contributed by atoms with Crippen LogP contribution >= 0.6 is 0 Å². The summed E-state index contributed by atoms with van der Waals surface area (Å²) in [5.41, 5.74) is 2.22. The minimum Gasteiger partial charge on any atom is -0.497 e. The summed E-state index contributed by atoms with van der Waals surface area (Å²) in [5, 5.41) is 6.49. The quantitative estimate of drug-likeness (QED) is 0.509. The van der Waals surface area contributed by atoms with Crippen molar-refractivity contribution in [3.63, 3.8) is 0 Å². The molecule has 1 fully saturated rings. The normalized spacial score (nSPS) is 15.8. The maximum absolute atomic E-state index is 12.5. The van der Waals surface area contributed by atoms with E-state index in [0.717, 1.165) is 16.6 Å². The van der Waals surface area contributed by atoms with E-state index in [4.69, 9.17) is 4.74 Å². The highest BCUT2D eigenvalue weighted by Gasteiger charge is 2.34. The molecule has 4 rings (SSSR count). The number of rotatable bonds is 7. The first-order chi connectivity index (χ1) is 15.1. The van der Waals surface area contributed by atoms with Gasteiger partial charge in [-0.05, 0) is 42.5 Å². The van der Waals surface area contributed by atoms with Gasteiger partial charge < -0.3 is 25.3 Å². The van der Waals surface area contributed by atoms with Gasteiger partial charge in [-0.15, -0.1) is 0 Å². The van der Waals surface area contributed by atoms with Crippen LogP contribution in [-0.4, -0.2) is 49.4 Å². The van der Waals surface area contributed by atoms with Crippen LogP contribution in [0.3, 0.4) is 0 Å². The van der Waals surface area contributed by atoms with E-state index in [9.17, 15) is 14.4 Å². The molecular formula is C23H24N4O4. The smallest absolute Gasteiger partial charge is 0.252 e. The van der Waals surface area contributed by atoms with Gasteiger partial charge in [0, 0.05) is 54.4 Å². The van der Waals surface area contributed by atoms with E-state index in [0.29, 0.717) is 30.9 Å². The number of aromatic amines is 1. The van der Waals surface area contributed by atoms with Crippen molar-refractivity contribution in [2.75, 3.05) is 31.6 Å². The lowest BCUT2D eigenvalue weighted by Gasteiger charge is -2.17. The maximum atomic E-state index is 12.5. The highest BCUT2D eigenvalue weighted by molar-refractivity contribution is 6.06. The molecule has 2 heterocycles. The Morgan fingerprint density at radius 3 is 2.65 bits per heavy atom. The molecule has 1 aliphatic heterocycles.